The van der Waals surface area contributed by atoms with Crippen LogP contribution >= 0.6 is 0 Å². The summed E-state index contributed by atoms with van der Waals surface area (Å²) in [6.07, 6.45) is 5.37. The van der Waals surface area contributed by atoms with Crippen molar-refractivity contribution in [3.63, 3.8) is 0 Å². The summed E-state index contributed by atoms with van der Waals surface area (Å²) >= 11 is 0. The molecule has 2 aromatic rings. The number of likely N-dealkylation sites (tertiary alicyclic amines) is 2. The van der Waals surface area contributed by atoms with Gasteiger partial charge >= 0.3 is 5.97 Å². The average molecular weight is 548 g/mol. The Hall–Kier alpha value is -2.52. The molecule has 5 nitrogen and oxygen atoms in total. The van der Waals surface area contributed by atoms with Crippen LogP contribution in [0.3, 0.4) is 0 Å². The number of aliphatic carboxylic acids is 1. The van der Waals surface area contributed by atoms with Gasteiger partial charge in [0.05, 0.1) is 6.20 Å². The Morgan fingerprint density at radius 3 is 2.44 bits per heavy atom. The number of hydrogen-bond acceptors (Lipinski definition) is 4. The van der Waals surface area contributed by atoms with Gasteiger partial charge in [-0.1, -0.05) is 25.0 Å². The smallest absolute Gasteiger partial charge is 0.320 e. The molecule has 5 rings (SSSR count). The van der Waals surface area contributed by atoms with Crippen molar-refractivity contribution in [1.82, 2.24) is 14.8 Å². The zero-order valence-corrected chi connectivity index (χ0v) is 22.1. The Balaban J connectivity index is 1.18. The Labute approximate surface area is 227 Å². The van der Waals surface area contributed by atoms with E-state index < -0.39 is 29.4 Å². The number of rotatable bonds is 11. The van der Waals surface area contributed by atoms with Crippen molar-refractivity contribution < 1.29 is 27.5 Å². The van der Waals surface area contributed by atoms with Crippen LogP contribution < -0.4 is 0 Å². The first-order valence-corrected chi connectivity index (χ1v) is 14.1. The first kappa shape index (κ1) is 28.0. The van der Waals surface area contributed by atoms with Gasteiger partial charge in [0.15, 0.2) is 0 Å². The third-order valence-electron chi connectivity index (χ3n) is 8.89. The molecule has 3 heterocycles. The fraction of sp³-hybridized carbons (Fsp3) is 0.600. The number of halogens is 4. The highest BCUT2D eigenvalue weighted by atomic mass is 19.3. The minimum absolute atomic E-state index is 0.0429. The summed E-state index contributed by atoms with van der Waals surface area (Å²) in [6.45, 7) is 3.61. The number of alkyl halides is 2. The Morgan fingerprint density at radius 1 is 1.03 bits per heavy atom. The lowest BCUT2D eigenvalue weighted by Crippen LogP contribution is -2.42. The molecule has 1 aliphatic carbocycles. The van der Waals surface area contributed by atoms with E-state index in [0.717, 1.165) is 69.2 Å². The maximum atomic E-state index is 14.6. The molecule has 3 atom stereocenters. The summed E-state index contributed by atoms with van der Waals surface area (Å²) in [6, 6.07) is 8.20. The molecule has 3 aliphatic rings. The van der Waals surface area contributed by atoms with Gasteiger partial charge in [-0.3, -0.25) is 14.7 Å². The van der Waals surface area contributed by atoms with Crippen molar-refractivity contribution in [2.24, 2.45) is 17.8 Å². The quantitative estimate of drug-likeness (QED) is 0.355. The molecule has 2 aliphatic heterocycles. The van der Waals surface area contributed by atoms with Gasteiger partial charge in [0.2, 0.25) is 0 Å². The van der Waals surface area contributed by atoms with Gasteiger partial charge in [-0.15, -0.1) is 0 Å². The lowest BCUT2D eigenvalue weighted by Gasteiger charge is -2.35. The van der Waals surface area contributed by atoms with Gasteiger partial charge in [0.1, 0.15) is 23.4 Å². The molecular weight excluding hydrogens is 510 g/mol. The maximum absolute atomic E-state index is 14.6. The van der Waals surface area contributed by atoms with Crippen LogP contribution in [0.1, 0.15) is 62.1 Å². The van der Waals surface area contributed by atoms with E-state index in [0.29, 0.717) is 31.8 Å². The highest BCUT2D eigenvalue weighted by molar-refractivity contribution is 5.73. The zero-order chi connectivity index (χ0) is 27.6. The molecule has 2 saturated heterocycles. The summed E-state index contributed by atoms with van der Waals surface area (Å²) in [5.74, 6) is -3.91. The van der Waals surface area contributed by atoms with E-state index in [9.17, 15) is 27.5 Å². The first-order valence-electron chi connectivity index (χ1n) is 14.1. The highest BCUT2D eigenvalue weighted by Crippen LogP contribution is 2.40. The zero-order valence-electron chi connectivity index (χ0n) is 22.1. The third-order valence-corrected chi connectivity index (χ3v) is 8.89. The van der Waals surface area contributed by atoms with E-state index in [-0.39, 0.29) is 30.0 Å². The average Bonchev–Trinajstić information content (AvgIpc) is 3.65. The summed E-state index contributed by atoms with van der Waals surface area (Å²) in [5.41, 5.74) is 0.515. The molecule has 39 heavy (non-hydrogen) atoms. The number of benzene rings is 1. The lowest BCUT2D eigenvalue weighted by molar-refractivity contribution is -0.143. The van der Waals surface area contributed by atoms with Gasteiger partial charge < -0.3 is 10.0 Å². The molecule has 1 aromatic carbocycles. The Morgan fingerprint density at radius 2 is 1.79 bits per heavy atom. The SMILES string of the molecule is O=C(O)[C@@H](CC1CC1)N1C[C@@H](CN2CCC(CCC(F)(F)c3ccc(F)cn3)CC2)[C@@H](c2cccc(F)c2)C1. The molecule has 0 bridgehead atoms. The topological polar surface area (TPSA) is 56.7 Å². The molecule has 1 aromatic heterocycles. The van der Waals surface area contributed by atoms with E-state index in [1.807, 2.05) is 6.07 Å². The van der Waals surface area contributed by atoms with Gasteiger partial charge in [0.25, 0.3) is 5.92 Å². The Bertz CT molecular complexity index is 1120. The van der Waals surface area contributed by atoms with Crippen molar-refractivity contribution in [2.45, 2.75) is 62.8 Å². The number of carboxylic acids is 1. The first-order chi connectivity index (χ1) is 18.7. The van der Waals surface area contributed by atoms with Gasteiger partial charge in [-0.05, 0) is 86.4 Å². The minimum Gasteiger partial charge on any atom is -0.480 e. The van der Waals surface area contributed by atoms with Crippen LogP contribution in [-0.2, 0) is 10.7 Å². The predicted octanol–water partition coefficient (Wildman–Crippen LogP) is 5.91. The molecule has 0 amide bonds. The molecular formula is C30H37F4N3O2. The van der Waals surface area contributed by atoms with Crippen LogP contribution in [0.5, 0.6) is 0 Å². The van der Waals surface area contributed by atoms with Crippen LogP contribution in [0.4, 0.5) is 17.6 Å². The number of carbonyl (C=O) groups is 1. The number of carboxylic acid groups (broad SMARTS) is 1. The van der Waals surface area contributed by atoms with Gasteiger partial charge in [-0.2, -0.15) is 8.78 Å². The van der Waals surface area contributed by atoms with E-state index in [4.69, 9.17) is 0 Å². The number of pyridine rings is 1. The highest BCUT2D eigenvalue weighted by Gasteiger charge is 2.42. The molecule has 0 spiro atoms. The molecule has 1 saturated carbocycles. The fourth-order valence-corrected chi connectivity index (χ4v) is 6.43. The number of nitrogens with zero attached hydrogens (tertiary/aromatic N) is 3. The van der Waals surface area contributed by atoms with Crippen LogP contribution in [0.15, 0.2) is 42.6 Å². The van der Waals surface area contributed by atoms with Gasteiger partial charge in [-0.25, -0.2) is 8.78 Å². The predicted molar refractivity (Wildman–Crippen MR) is 139 cm³/mol. The van der Waals surface area contributed by atoms with Crippen molar-refractivity contribution >= 4 is 5.97 Å². The van der Waals surface area contributed by atoms with E-state index in [2.05, 4.69) is 14.8 Å². The van der Waals surface area contributed by atoms with Crippen LogP contribution in [-0.4, -0.2) is 64.6 Å². The second kappa shape index (κ2) is 11.9. The number of aromatic nitrogens is 1. The molecule has 0 radical (unpaired) electrons. The summed E-state index contributed by atoms with van der Waals surface area (Å²) < 4.78 is 56.4. The van der Waals surface area contributed by atoms with Crippen molar-refractivity contribution in [3.05, 3.63) is 65.5 Å². The van der Waals surface area contributed by atoms with E-state index in [1.165, 1.54) is 6.07 Å². The molecule has 0 unspecified atom stereocenters. The third kappa shape index (κ3) is 7.17. The molecule has 1 N–H and O–H groups in total. The summed E-state index contributed by atoms with van der Waals surface area (Å²) in [7, 11) is 0. The largest absolute Gasteiger partial charge is 0.480 e. The summed E-state index contributed by atoms with van der Waals surface area (Å²) in [4.78, 5) is 20.1. The number of piperidine rings is 1. The molecule has 212 valence electrons. The minimum atomic E-state index is -3.09. The monoisotopic (exact) mass is 547 g/mol. The fourth-order valence-electron chi connectivity index (χ4n) is 6.43. The lowest BCUT2D eigenvalue weighted by atomic mass is 9.86. The second-order valence-electron chi connectivity index (χ2n) is 11.8. The van der Waals surface area contributed by atoms with Crippen LogP contribution in [0, 0.1) is 29.4 Å². The number of hydrogen-bond donors (Lipinski definition) is 1. The van der Waals surface area contributed by atoms with Crippen molar-refractivity contribution in [1.29, 1.82) is 0 Å². The van der Waals surface area contributed by atoms with Crippen molar-refractivity contribution in [3.8, 4) is 0 Å². The standard InChI is InChI=1S/C30H37F4N3O2/c31-24-3-1-2-22(15-24)26-19-37(27(29(38)39)14-21-4-5-21)18-23(26)17-36-12-9-20(10-13-36)8-11-30(33,34)28-7-6-25(32)16-35-28/h1-3,6-7,15-16,20-21,23,26-27H,4-5,8-14,17-19H2,(H,38,39)/t23-,26-,27-/m1/s1. The van der Waals surface area contributed by atoms with E-state index >= 15 is 0 Å². The van der Waals surface area contributed by atoms with Crippen LogP contribution in [0.25, 0.3) is 0 Å². The summed E-state index contributed by atoms with van der Waals surface area (Å²) in [5, 5.41) is 9.95. The van der Waals surface area contributed by atoms with Crippen LogP contribution in [0.2, 0.25) is 0 Å². The Kier molecular flexibility index (Phi) is 8.57. The van der Waals surface area contributed by atoms with E-state index in [1.54, 1.807) is 12.1 Å². The second-order valence-corrected chi connectivity index (χ2v) is 11.8. The molecule has 3 fully saturated rings. The van der Waals surface area contributed by atoms with Crippen molar-refractivity contribution in [2.75, 3.05) is 32.7 Å². The normalized spacial score (nSPS) is 24.2. The van der Waals surface area contributed by atoms with Gasteiger partial charge in [0, 0.05) is 32.0 Å². The maximum Gasteiger partial charge on any atom is 0.320 e. The molecule has 9 heteroatoms.